The lowest BCUT2D eigenvalue weighted by Gasteiger charge is -2.28. The number of carbonyl (C=O) groups is 2. The van der Waals surface area contributed by atoms with E-state index in [4.69, 9.17) is 4.74 Å². The largest absolute Gasteiger partial charge is 0.384 e. The lowest BCUT2D eigenvalue weighted by Crippen LogP contribution is -2.36. The Morgan fingerprint density at radius 3 is 2.65 bits per heavy atom. The van der Waals surface area contributed by atoms with Gasteiger partial charge in [0.1, 0.15) is 0 Å². The Morgan fingerprint density at radius 2 is 2.06 bits per heavy atom. The second kappa shape index (κ2) is 8.06. The molecule has 98 valence electrons. The molecule has 1 aliphatic carbocycles. The topological polar surface area (TPSA) is 67.4 Å². The Morgan fingerprint density at radius 1 is 1.35 bits per heavy atom. The molecule has 0 atom stereocenters. The predicted octanol–water partition coefficient (Wildman–Crippen LogP) is 0.444. The van der Waals surface area contributed by atoms with Gasteiger partial charge in [-0.3, -0.25) is 9.59 Å². The monoisotopic (exact) mass is 242 g/mol. The van der Waals surface area contributed by atoms with Crippen LogP contribution in [-0.4, -0.2) is 38.6 Å². The van der Waals surface area contributed by atoms with Gasteiger partial charge < -0.3 is 15.4 Å². The molecule has 0 saturated heterocycles. The van der Waals surface area contributed by atoms with E-state index in [1.807, 2.05) is 0 Å². The molecule has 0 bridgehead atoms. The van der Waals surface area contributed by atoms with E-state index in [1.165, 1.54) is 0 Å². The predicted molar refractivity (Wildman–Crippen MR) is 64.4 cm³/mol. The van der Waals surface area contributed by atoms with Crippen LogP contribution < -0.4 is 10.6 Å². The van der Waals surface area contributed by atoms with Crippen molar-refractivity contribution in [2.75, 3.05) is 20.3 Å². The van der Waals surface area contributed by atoms with E-state index >= 15 is 0 Å². The molecule has 0 aromatic rings. The minimum atomic E-state index is 0.0555. The van der Waals surface area contributed by atoms with Gasteiger partial charge in [-0.1, -0.05) is 0 Å². The Kier molecular flexibility index (Phi) is 6.62. The molecule has 1 rings (SSSR count). The van der Waals surface area contributed by atoms with Crippen LogP contribution in [0.4, 0.5) is 0 Å². The fraction of sp³-hybridized carbons (Fsp3) is 0.833. The van der Waals surface area contributed by atoms with E-state index in [-0.39, 0.29) is 5.91 Å². The lowest BCUT2D eigenvalue weighted by molar-refractivity contribution is -0.122. The SMILES string of the molecule is COCCC(=O)NCC1CCC(NC=O)CC1. The summed E-state index contributed by atoms with van der Waals surface area (Å²) in [4.78, 5) is 21.7. The van der Waals surface area contributed by atoms with Crippen LogP contribution in [0, 0.1) is 5.92 Å². The molecule has 1 fully saturated rings. The van der Waals surface area contributed by atoms with Crippen LogP contribution in [0.15, 0.2) is 0 Å². The molecule has 2 amide bonds. The summed E-state index contributed by atoms with van der Waals surface area (Å²) in [7, 11) is 1.59. The van der Waals surface area contributed by atoms with Gasteiger partial charge in [0.2, 0.25) is 12.3 Å². The first-order valence-electron chi connectivity index (χ1n) is 6.21. The third-order valence-corrected chi connectivity index (χ3v) is 3.27. The smallest absolute Gasteiger partial charge is 0.222 e. The number of hydrogen-bond donors (Lipinski definition) is 2. The zero-order chi connectivity index (χ0) is 12.5. The van der Waals surface area contributed by atoms with Crippen molar-refractivity contribution in [1.82, 2.24) is 10.6 Å². The van der Waals surface area contributed by atoms with Gasteiger partial charge in [-0.25, -0.2) is 0 Å². The van der Waals surface area contributed by atoms with Crippen LogP contribution >= 0.6 is 0 Å². The van der Waals surface area contributed by atoms with Gasteiger partial charge >= 0.3 is 0 Å². The average molecular weight is 242 g/mol. The molecule has 1 aliphatic rings. The maximum atomic E-state index is 11.4. The van der Waals surface area contributed by atoms with Crippen LogP contribution in [0.2, 0.25) is 0 Å². The Bertz CT molecular complexity index is 238. The van der Waals surface area contributed by atoms with E-state index in [9.17, 15) is 9.59 Å². The summed E-state index contributed by atoms with van der Waals surface area (Å²) in [5.74, 6) is 0.603. The fourth-order valence-electron chi connectivity index (χ4n) is 2.17. The van der Waals surface area contributed by atoms with Crippen LogP contribution in [0.1, 0.15) is 32.1 Å². The molecule has 0 aromatic heterocycles. The minimum absolute atomic E-state index is 0.0555. The van der Waals surface area contributed by atoms with Crippen molar-refractivity contribution >= 4 is 12.3 Å². The average Bonchev–Trinajstić information content (AvgIpc) is 2.36. The van der Waals surface area contributed by atoms with Gasteiger partial charge in [-0.2, -0.15) is 0 Å². The maximum absolute atomic E-state index is 11.4. The second-order valence-corrected chi connectivity index (χ2v) is 4.55. The molecule has 0 heterocycles. The quantitative estimate of drug-likeness (QED) is 0.637. The molecule has 1 saturated carbocycles. The molecule has 2 N–H and O–H groups in total. The molecule has 5 nitrogen and oxygen atoms in total. The number of ether oxygens (including phenoxy) is 1. The van der Waals surface area contributed by atoms with Gasteiger partial charge in [0.25, 0.3) is 0 Å². The summed E-state index contributed by atoms with van der Waals surface area (Å²) in [5.41, 5.74) is 0. The highest BCUT2D eigenvalue weighted by atomic mass is 16.5. The zero-order valence-electron chi connectivity index (χ0n) is 10.4. The van der Waals surface area contributed by atoms with Gasteiger partial charge in [0.05, 0.1) is 6.61 Å². The summed E-state index contributed by atoms with van der Waals surface area (Å²) < 4.78 is 4.84. The summed E-state index contributed by atoms with van der Waals surface area (Å²) in [6.45, 7) is 1.22. The summed E-state index contributed by atoms with van der Waals surface area (Å²) in [6.07, 6.45) is 5.36. The molecular weight excluding hydrogens is 220 g/mol. The first-order valence-corrected chi connectivity index (χ1v) is 6.21. The number of nitrogens with one attached hydrogen (secondary N) is 2. The van der Waals surface area contributed by atoms with Crippen molar-refractivity contribution in [3.05, 3.63) is 0 Å². The standard InChI is InChI=1S/C12H22N2O3/c1-17-7-6-12(16)13-8-10-2-4-11(5-3-10)14-9-15/h9-11H,2-8H2,1H3,(H,13,16)(H,14,15). The molecule has 5 heteroatoms. The number of amides is 2. The highest BCUT2D eigenvalue weighted by molar-refractivity contribution is 5.75. The van der Waals surface area contributed by atoms with E-state index in [1.54, 1.807) is 7.11 Å². The molecule has 0 unspecified atom stereocenters. The first-order chi connectivity index (χ1) is 8.26. The van der Waals surface area contributed by atoms with Gasteiger partial charge in [0.15, 0.2) is 0 Å². The Balaban J connectivity index is 2.09. The van der Waals surface area contributed by atoms with Crippen LogP contribution in [0.5, 0.6) is 0 Å². The molecule has 0 radical (unpaired) electrons. The number of carbonyl (C=O) groups excluding carboxylic acids is 2. The van der Waals surface area contributed by atoms with Crippen LogP contribution in [0.3, 0.4) is 0 Å². The van der Waals surface area contributed by atoms with Crippen LogP contribution in [0.25, 0.3) is 0 Å². The molecule has 0 aromatic carbocycles. The zero-order valence-corrected chi connectivity index (χ0v) is 10.4. The maximum Gasteiger partial charge on any atom is 0.222 e. The van der Waals surface area contributed by atoms with Gasteiger partial charge in [0, 0.05) is 26.1 Å². The number of methoxy groups -OCH3 is 1. The Hall–Kier alpha value is -1.10. The summed E-state index contributed by atoms with van der Waals surface area (Å²) in [5, 5.41) is 5.74. The molecule has 0 spiro atoms. The van der Waals surface area contributed by atoms with Crippen molar-refractivity contribution in [3.8, 4) is 0 Å². The highest BCUT2D eigenvalue weighted by Crippen LogP contribution is 2.23. The van der Waals surface area contributed by atoms with E-state index < -0.39 is 0 Å². The van der Waals surface area contributed by atoms with Crippen molar-refractivity contribution in [2.24, 2.45) is 5.92 Å². The third-order valence-electron chi connectivity index (χ3n) is 3.27. The van der Waals surface area contributed by atoms with Crippen molar-refractivity contribution in [3.63, 3.8) is 0 Å². The first kappa shape index (κ1) is 14.0. The third kappa shape index (κ3) is 5.68. The summed E-state index contributed by atoms with van der Waals surface area (Å²) >= 11 is 0. The Labute approximate surface area is 102 Å². The van der Waals surface area contributed by atoms with Crippen LogP contribution in [-0.2, 0) is 14.3 Å². The molecule has 0 aliphatic heterocycles. The van der Waals surface area contributed by atoms with Crippen molar-refractivity contribution in [2.45, 2.75) is 38.1 Å². The van der Waals surface area contributed by atoms with Crippen molar-refractivity contribution < 1.29 is 14.3 Å². The number of hydrogen-bond acceptors (Lipinski definition) is 3. The summed E-state index contributed by atoms with van der Waals surface area (Å²) in [6, 6.07) is 0.327. The second-order valence-electron chi connectivity index (χ2n) is 4.55. The van der Waals surface area contributed by atoms with E-state index in [0.717, 1.165) is 38.6 Å². The molecular formula is C12H22N2O3. The van der Waals surface area contributed by atoms with E-state index in [2.05, 4.69) is 10.6 Å². The van der Waals surface area contributed by atoms with E-state index in [0.29, 0.717) is 25.0 Å². The highest BCUT2D eigenvalue weighted by Gasteiger charge is 2.20. The normalized spacial score (nSPS) is 24.1. The lowest BCUT2D eigenvalue weighted by atomic mass is 9.86. The fourth-order valence-corrected chi connectivity index (χ4v) is 2.17. The van der Waals surface area contributed by atoms with Gasteiger partial charge in [-0.15, -0.1) is 0 Å². The van der Waals surface area contributed by atoms with Gasteiger partial charge in [-0.05, 0) is 31.6 Å². The molecule has 17 heavy (non-hydrogen) atoms. The minimum Gasteiger partial charge on any atom is -0.384 e. The van der Waals surface area contributed by atoms with Crippen molar-refractivity contribution in [1.29, 1.82) is 0 Å². The number of rotatable bonds is 7.